The van der Waals surface area contributed by atoms with Gasteiger partial charge < -0.3 is 0 Å². The van der Waals surface area contributed by atoms with Gasteiger partial charge in [0.05, 0.1) is 0 Å². The van der Waals surface area contributed by atoms with Crippen molar-refractivity contribution >= 4 is 0 Å². The van der Waals surface area contributed by atoms with Crippen LogP contribution in [0.15, 0.2) is 18.2 Å². The van der Waals surface area contributed by atoms with Crippen LogP contribution in [0.5, 0.6) is 0 Å². The van der Waals surface area contributed by atoms with Crippen molar-refractivity contribution < 1.29 is 0 Å². The summed E-state index contributed by atoms with van der Waals surface area (Å²) in [5.74, 6) is 6.13. The molecule has 0 unspecified atom stereocenters. The quantitative estimate of drug-likeness (QED) is 0.668. The summed E-state index contributed by atoms with van der Waals surface area (Å²) >= 11 is 0. The van der Waals surface area contributed by atoms with Crippen LogP contribution < -0.4 is 0 Å². The summed E-state index contributed by atoms with van der Waals surface area (Å²) in [4.78, 5) is 0. The molecule has 0 amide bonds. The fourth-order valence-electron chi connectivity index (χ4n) is 1.99. The molecular formula is C17H24. The first kappa shape index (κ1) is 13.8. The zero-order chi connectivity index (χ0) is 12.9. The first-order valence-corrected chi connectivity index (χ1v) is 6.51. The van der Waals surface area contributed by atoms with Gasteiger partial charge in [0.2, 0.25) is 0 Å². The molecule has 1 aromatic carbocycles. The maximum Gasteiger partial charge on any atom is 0.0129 e. The standard InChI is InChI=1S/C17H24/c1-6-8-9-10-15-13-16(17(3,4)5)12-11-14(15)7-2/h11-13H,7,9-10H2,1-5H3. The van der Waals surface area contributed by atoms with Crippen molar-refractivity contribution in [2.75, 3.05) is 0 Å². The molecule has 0 spiro atoms. The van der Waals surface area contributed by atoms with Crippen LogP contribution in [-0.2, 0) is 18.3 Å². The van der Waals surface area contributed by atoms with Gasteiger partial charge in [0.25, 0.3) is 0 Å². The molecule has 0 heteroatoms. The molecule has 0 bridgehead atoms. The molecular weight excluding hydrogens is 204 g/mol. The molecule has 0 aromatic heterocycles. The maximum absolute atomic E-state index is 3.16. The van der Waals surface area contributed by atoms with E-state index in [-0.39, 0.29) is 5.41 Å². The van der Waals surface area contributed by atoms with Crippen molar-refractivity contribution in [1.82, 2.24) is 0 Å². The monoisotopic (exact) mass is 228 g/mol. The lowest BCUT2D eigenvalue weighted by atomic mass is 9.84. The molecule has 1 aromatic rings. The van der Waals surface area contributed by atoms with Crippen LogP contribution in [0.3, 0.4) is 0 Å². The lowest BCUT2D eigenvalue weighted by Gasteiger charge is -2.21. The van der Waals surface area contributed by atoms with Crippen molar-refractivity contribution in [2.45, 2.75) is 59.3 Å². The third-order valence-corrected chi connectivity index (χ3v) is 3.15. The summed E-state index contributed by atoms with van der Waals surface area (Å²) in [6.45, 7) is 10.9. The Labute approximate surface area is 106 Å². The van der Waals surface area contributed by atoms with E-state index in [0.29, 0.717) is 0 Å². The largest absolute Gasteiger partial charge is 0.107 e. The Morgan fingerprint density at radius 3 is 2.35 bits per heavy atom. The van der Waals surface area contributed by atoms with E-state index in [9.17, 15) is 0 Å². The van der Waals surface area contributed by atoms with Gasteiger partial charge in [0.1, 0.15) is 0 Å². The second-order valence-corrected chi connectivity index (χ2v) is 5.51. The molecule has 0 saturated heterocycles. The van der Waals surface area contributed by atoms with Crippen molar-refractivity contribution in [1.29, 1.82) is 0 Å². The lowest BCUT2D eigenvalue weighted by molar-refractivity contribution is 0.589. The Morgan fingerprint density at radius 2 is 1.82 bits per heavy atom. The van der Waals surface area contributed by atoms with E-state index in [1.54, 1.807) is 0 Å². The first-order valence-electron chi connectivity index (χ1n) is 6.51. The van der Waals surface area contributed by atoms with E-state index < -0.39 is 0 Å². The number of aryl methyl sites for hydroxylation is 2. The van der Waals surface area contributed by atoms with Gasteiger partial charge >= 0.3 is 0 Å². The molecule has 0 aliphatic heterocycles. The van der Waals surface area contributed by atoms with Gasteiger partial charge in [-0.15, -0.1) is 11.8 Å². The summed E-state index contributed by atoms with van der Waals surface area (Å²) in [6.07, 6.45) is 3.16. The highest BCUT2D eigenvalue weighted by Crippen LogP contribution is 2.25. The van der Waals surface area contributed by atoms with E-state index in [2.05, 4.69) is 57.7 Å². The molecule has 92 valence electrons. The van der Waals surface area contributed by atoms with E-state index in [0.717, 1.165) is 19.3 Å². The van der Waals surface area contributed by atoms with Gasteiger partial charge in [-0.25, -0.2) is 0 Å². The summed E-state index contributed by atoms with van der Waals surface area (Å²) in [5, 5.41) is 0. The van der Waals surface area contributed by atoms with Crippen LogP contribution >= 0.6 is 0 Å². The minimum Gasteiger partial charge on any atom is -0.107 e. The molecule has 0 heterocycles. The maximum atomic E-state index is 3.16. The second-order valence-electron chi connectivity index (χ2n) is 5.51. The van der Waals surface area contributed by atoms with Crippen molar-refractivity contribution in [3.8, 4) is 11.8 Å². The average molecular weight is 228 g/mol. The Hall–Kier alpha value is -1.22. The van der Waals surface area contributed by atoms with Gasteiger partial charge in [-0.1, -0.05) is 45.9 Å². The summed E-state index contributed by atoms with van der Waals surface area (Å²) in [7, 11) is 0. The zero-order valence-electron chi connectivity index (χ0n) is 11.9. The van der Waals surface area contributed by atoms with Crippen molar-refractivity contribution in [3.05, 3.63) is 34.9 Å². The lowest BCUT2D eigenvalue weighted by Crippen LogP contribution is -2.12. The van der Waals surface area contributed by atoms with Crippen LogP contribution in [0.25, 0.3) is 0 Å². The molecule has 0 saturated carbocycles. The number of hydrogen-bond acceptors (Lipinski definition) is 0. The molecule has 0 radical (unpaired) electrons. The Morgan fingerprint density at radius 1 is 1.12 bits per heavy atom. The minimum atomic E-state index is 0.234. The number of rotatable bonds is 3. The predicted molar refractivity (Wildman–Crippen MR) is 76.3 cm³/mol. The summed E-state index contributed by atoms with van der Waals surface area (Å²) in [5.41, 5.74) is 4.60. The van der Waals surface area contributed by atoms with E-state index in [1.807, 2.05) is 6.92 Å². The highest BCUT2D eigenvalue weighted by atomic mass is 14.2. The van der Waals surface area contributed by atoms with Gasteiger partial charge in [-0.2, -0.15) is 0 Å². The Balaban J connectivity index is 3.01. The molecule has 0 fully saturated rings. The van der Waals surface area contributed by atoms with Crippen LogP contribution in [-0.4, -0.2) is 0 Å². The Kier molecular flexibility index (Phi) is 4.82. The van der Waals surface area contributed by atoms with Crippen LogP contribution in [0.2, 0.25) is 0 Å². The van der Waals surface area contributed by atoms with Crippen LogP contribution in [0, 0.1) is 11.8 Å². The third kappa shape index (κ3) is 3.93. The minimum absolute atomic E-state index is 0.234. The molecule has 1 rings (SSSR count). The second kappa shape index (κ2) is 5.92. The Bertz CT molecular complexity index is 422. The first-order chi connectivity index (χ1) is 7.99. The third-order valence-electron chi connectivity index (χ3n) is 3.15. The predicted octanol–water partition coefficient (Wildman–Crippen LogP) is 4.50. The highest BCUT2D eigenvalue weighted by molar-refractivity contribution is 5.35. The number of benzene rings is 1. The SMILES string of the molecule is CC#CCCc1cc(C(C)(C)C)ccc1CC. The molecule has 0 N–H and O–H groups in total. The fourth-order valence-corrected chi connectivity index (χ4v) is 1.99. The molecule has 0 nitrogen and oxygen atoms in total. The topological polar surface area (TPSA) is 0 Å². The van der Waals surface area contributed by atoms with Gasteiger partial charge in [0, 0.05) is 6.42 Å². The number of hydrogen-bond donors (Lipinski definition) is 0. The molecule has 0 atom stereocenters. The summed E-state index contributed by atoms with van der Waals surface area (Å²) < 4.78 is 0. The fraction of sp³-hybridized carbons (Fsp3) is 0.529. The van der Waals surface area contributed by atoms with E-state index in [1.165, 1.54) is 16.7 Å². The normalized spacial score (nSPS) is 10.9. The smallest absolute Gasteiger partial charge is 0.0129 e. The summed E-state index contributed by atoms with van der Waals surface area (Å²) in [6, 6.07) is 6.93. The van der Waals surface area contributed by atoms with Gasteiger partial charge in [-0.05, 0) is 41.9 Å². The highest BCUT2D eigenvalue weighted by Gasteiger charge is 2.14. The molecule has 0 aliphatic carbocycles. The van der Waals surface area contributed by atoms with Crippen molar-refractivity contribution in [2.24, 2.45) is 0 Å². The van der Waals surface area contributed by atoms with E-state index >= 15 is 0 Å². The van der Waals surface area contributed by atoms with Crippen LogP contribution in [0.4, 0.5) is 0 Å². The van der Waals surface area contributed by atoms with Gasteiger partial charge in [-0.3, -0.25) is 0 Å². The van der Waals surface area contributed by atoms with E-state index in [4.69, 9.17) is 0 Å². The molecule has 0 aliphatic rings. The molecule has 17 heavy (non-hydrogen) atoms. The zero-order valence-corrected chi connectivity index (χ0v) is 11.9. The van der Waals surface area contributed by atoms with Gasteiger partial charge in [0.15, 0.2) is 0 Å². The van der Waals surface area contributed by atoms with Crippen LogP contribution in [0.1, 0.15) is 57.7 Å². The van der Waals surface area contributed by atoms with Crippen molar-refractivity contribution in [3.63, 3.8) is 0 Å². The average Bonchev–Trinajstić information content (AvgIpc) is 2.28.